The molecule has 2 amide bonds. The molecule has 0 aliphatic carbocycles. The van der Waals surface area contributed by atoms with E-state index in [-0.39, 0.29) is 6.03 Å². The maximum Gasteiger partial charge on any atom is 0.332 e. The van der Waals surface area contributed by atoms with Gasteiger partial charge in [-0.05, 0) is 74.5 Å². The molecular weight excluding hydrogens is 431 g/mol. The summed E-state index contributed by atoms with van der Waals surface area (Å²) >= 11 is 12.1. The average Bonchev–Trinajstić information content (AvgIpc) is 2.96. The highest BCUT2D eigenvalue weighted by molar-refractivity contribution is 6.31. The SMILES string of the molecule is CC#Cc1cccc(C2(O)C(C)N(c3ccc(Cl)cc3)C(=O)N2c2ccc(Cl)cc2)c1. The molecule has 1 saturated heterocycles. The lowest BCUT2D eigenvalue weighted by molar-refractivity contribution is 0.0372. The van der Waals surface area contributed by atoms with Crippen molar-refractivity contribution < 1.29 is 9.90 Å². The third-order valence-electron chi connectivity index (χ3n) is 5.45. The number of hydrogen-bond donors (Lipinski definition) is 1. The second kappa shape index (κ2) is 8.28. The van der Waals surface area contributed by atoms with Gasteiger partial charge in [-0.25, -0.2) is 4.79 Å². The Balaban J connectivity index is 1.91. The molecule has 4 rings (SSSR count). The zero-order valence-electron chi connectivity index (χ0n) is 17.0. The highest BCUT2D eigenvalue weighted by Gasteiger charge is 2.56. The number of anilines is 2. The van der Waals surface area contributed by atoms with E-state index in [1.807, 2.05) is 25.1 Å². The number of rotatable bonds is 3. The molecule has 6 heteroatoms. The smallest absolute Gasteiger partial charge is 0.332 e. The van der Waals surface area contributed by atoms with Crippen molar-refractivity contribution in [3.05, 3.63) is 94.0 Å². The lowest BCUT2D eigenvalue weighted by Gasteiger charge is -2.35. The summed E-state index contributed by atoms with van der Waals surface area (Å²) in [6.45, 7) is 3.58. The summed E-state index contributed by atoms with van der Waals surface area (Å²) in [5.41, 5.74) is 0.860. The van der Waals surface area contributed by atoms with Crippen molar-refractivity contribution in [3.8, 4) is 11.8 Å². The monoisotopic (exact) mass is 450 g/mol. The van der Waals surface area contributed by atoms with Gasteiger partial charge < -0.3 is 5.11 Å². The lowest BCUT2D eigenvalue weighted by Crippen LogP contribution is -2.48. The van der Waals surface area contributed by atoms with Crippen LogP contribution in [0.2, 0.25) is 10.0 Å². The summed E-state index contributed by atoms with van der Waals surface area (Å²) in [6.07, 6.45) is 0. The number of nitrogens with zero attached hydrogens (tertiary/aromatic N) is 2. The zero-order valence-corrected chi connectivity index (χ0v) is 18.5. The molecular formula is C25H20Cl2N2O2. The van der Waals surface area contributed by atoms with Gasteiger partial charge in [0.15, 0.2) is 5.72 Å². The average molecular weight is 451 g/mol. The Morgan fingerprint density at radius 2 is 1.52 bits per heavy atom. The molecule has 4 nitrogen and oxygen atoms in total. The van der Waals surface area contributed by atoms with E-state index in [2.05, 4.69) is 11.8 Å². The highest BCUT2D eigenvalue weighted by atomic mass is 35.5. The third-order valence-corrected chi connectivity index (χ3v) is 5.96. The first-order valence-electron chi connectivity index (χ1n) is 9.76. The van der Waals surface area contributed by atoms with Gasteiger partial charge in [0, 0.05) is 32.5 Å². The molecule has 1 aliphatic heterocycles. The lowest BCUT2D eigenvalue weighted by atomic mass is 9.93. The molecule has 156 valence electrons. The fraction of sp³-hybridized carbons (Fsp3) is 0.160. The molecule has 0 spiro atoms. The molecule has 1 aliphatic rings. The zero-order chi connectivity index (χ0) is 22.2. The van der Waals surface area contributed by atoms with Crippen LogP contribution in [-0.4, -0.2) is 17.2 Å². The first-order chi connectivity index (χ1) is 14.9. The minimum atomic E-state index is -1.64. The van der Waals surface area contributed by atoms with E-state index in [4.69, 9.17) is 23.2 Å². The van der Waals surface area contributed by atoms with Crippen molar-refractivity contribution in [2.75, 3.05) is 9.80 Å². The van der Waals surface area contributed by atoms with Gasteiger partial charge in [0.2, 0.25) is 0 Å². The van der Waals surface area contributed by atoms with Gasteiger partial charge in [-0.1, -0.05) is 41.3 Å². The number of hydrogen-bond acceptors (Lipinski definition) is 2. The number of amides is 2. The summed E-state index contributed by atoms with van der Waals surface area (Å²) in [5.74, 6) is 5.89. The molecule has 3 aromatic carbocycles. The first kappa shape index (κ1) is 21.3. The number of halogens is 2. The van der Waals surface area contributed by atoms with Crippen molar-refractivity contribution >= 4 is 40.6 Å². The molecule has 31 heavy (non-hydrogen) atoms. The van der Waals surface area contributed by atoms with Crippen molar-refractivity contribution in [2.24, 2.45) is 0 Å². The van der Waals surface area contributed by atoms with E-state index in [9.17, 15) is 9.90 Å². The van der Waals surface area contributed by atoms with Gasteiger partial charge in [-0.3, -0.25) is 9.80 Å². The first-order valence-corrected chi connectivity index (χ1v) is 10.5. The molecule has 0 saturated carbocycles. The van der Waals surface area contributed by atoms with E-state index in [0.717, 1.165) is 5.56 Å². The summed E-state index contributed by atoms with van der Waals surface area (Å²) < 4.78 is 0. The summed E-state index contributed by atoms with van der Waals surface area (Å²) in [6, 6.07) is 20.2. The van der Waals surface area contributed by atoms with Gasteiger partial charge in [0.25, 0.3) is 0 Å². The van der Waals surface area contributed by atoms with Crippen LogP contribution in [0.4, 0.5) is 16.2 Å². The summed E-state index contributed by atoms with van der Waals surface area (Å²) in [4.78, 5) is 16.7. The maximum absolute atomic E-state index is 13.7. The number of benzene rings is 3. The Morgan fingerprint density at radius 1 is 0.935 bits per heavy atom. The Morgan fingerprint density at radius 3 is 2.10 bits per heavy atom. The maximum atomic E-state index is 13.7. The second-order valence-corrected chi connectivity index (χ2v) is 8.17. The topological polar surface area (TPSA) is 43.8 Å². The van der Waals surface area contributed by atoms with Gasteiger partial charge in [-0.15, -0.1) is 5.92 Å². The van der Waals surface area contributed by atoms with Crippen LogP contribution in [0, 0.1) is 11.8 Å². The van der Waals surface area contributed by atoms with Gasteiger partial charge >= 0.3 is 6.03 Å². The molecule has 1 heterocycles. The largest absolute Gasteiger partial charge is 0.365 e. The molecule has 0 radical (unpaired) electrons. The van der Waals surface area contributed by atoms with Gasteiger partial charge in [0.1, 0.15) is 0 Å². The van der Waals surface area contributed by atoms with Crippen molar-refractivity contribution in [1.29, 1.82) is 0 Å². The molecule has 0 aromatic heterocycles. The van der Waals surface area contributed by atoms with Crippen LogP contribution in [-0.2, 0) is 5.72 Å². The number of carbonyl (C=O) groups is 1. The number of carbonyl (C=O) groups excluding carboxylic acids is 1. The molecule has 0 bridgehead atoms. The predicted octanol–water partition coefficient (Wildman–Crippen LogP) is 6.05. The van der Waals surface area contributed by atoms with Gasteiger partial charge in [0.05, 0.1) is 6.04 Å². The summed E-state index contributed by atoms with van der Waals surface area (Å²) in [5, 5.41) is 13.2. The Kier molecular flexibility index (Phi) is 5.68. The van der Waals surface area contributed by atoms with E-state index in [1.54, 1.807) is 66.4 Å². The molecule has 1 fully saturated rings. The van der Waals surface area contributed by atoms with Crippen molar-refractivity contribution in [1.82, 2.24) is 0 Å². The third kappa shape index (κ3) is 3.66. The van der Waals surface area contributed by atoms with Crippen LogP contribution in [0.3, 0.4) is 0 Å². The number of aliphatic hydroxyl groups is 1. The minimum absolute atomic E-state index is 0.355. The van der Waals surface area contributed by atoms with Crippen molar-refractivity contribution in [3.63, 3.8) is 0 Å². The van der Waals surface area contributed by atoms with Gasteiger partial charge in [-0.2, -0.15) is 0 Å². The highest BCUT2D eigenvalue weighted by Crippen LogP contribution is 2.44. The molecule has 2 atom stereocenters. The standard InChI is InChI=1S/C25H20Cl2N2O2/c1-3-5-18-6-4-7-19(16-18)25(31)17(2)28(22-12-8-20(26)9-13-22)24(30)29(25)23-14-10-21(27)11-15-23/h4,6-17,31H,1-2H3. The van der Waals surface area contributed by atoms with E-state index in [1.165, 1.54) is 4.90 Å². The van der Waals surface area contributed by atoms with Crippen LogP contribution in [0.5, 0.6) is 0 Å². The fourth-order valence-corrected chi connectivity index (χ4v) is 4.21. The van der Waals surface area contributed by atoms with Crippen LogP contribution in [0.1, 0.15) is 25.0 Å². The Hall–Kier alpha value is -2.97. The fourth-order valence-electron chi connectivity index (χ4n) is 3.96. The predicted molar refractivity (Wildman–Crippen MR) is 126 cm³/mol. The molecule has 3 aromatic rings. The molecule has 1 N–H and O–H groups in total. The quantitative estimate of drug-likeness (QED) is 0.493. The normalized spacial score (nSPS) is 20.5. The number of urea groups is 1. The summed E-state index contributed by atoms with van der Waals surface area (Å²) in [7, 11) is 0. The van der Waals surface area contributed by atoms with E-state index in [0.29, 0.717) is 27.0 Å². The Bertz CT molecular complexity index is 1180. The van der Waals surface area contributed by atoms with Crippen LogP contribution < -0.4 is 9.80 Å². The minimum Gasteiger partial charge on any atom is -0.365 e. The second-order valence-electron chi connectivity index (χ2n) is 7.30. The Labute approximate surface area is 191 Å². The van der Waals surface area contributed by atoms with E-state index < -0.39 is 11.8 Å². The van der Waals surface area contributed by atoms with Crippen molar-refractivity contribution in [2.45, 2.75) is 25.6 Å². The molecule has 2 unspecified atom stereocenters. The van der Waals surface area contributed by atoms with Crippen LogP contribution in [0.15, 0.2) is 72.8 Å². The van der Waals surface area contributed by atoms with Crippen LogP contribution >= 0.6 is 23.2 Å². The van der Waals surface area contributed by atoms with E-state index >= 15 is 0 Å². The van der Waals surface area contributed by atoms with Crippen LogP contribution in [0.25, 0.3) is 0 Å².